The first-order chi connectivity index (χ1) is 15.0. The molecular weight excluding hydrogens is 426 g/mol. The molecule has 2 N–H and O–H groups in total. The van der Waals surface area contributed by atoms with E-state index in [0.717, 1.165) is 38.2 Å². The first-order valence-electron chi connectivity index (χ1n) is 9.74. The van der Waals surface area contributed by atoms with Crippen LogP contribution < -0.4 is 11.3 Å². The summed E-state index contributed by atoms with van der Waals surface area (Å²) in [5.74, 6) is 1.08. The second kappa shape index (κ2) is 7.79. The smallest absolute Gasteiger partial charge is 0.283 e. The summed E-state index contributed by atoms with van der Waals surface area (Å²) in [4.78, 5) is 22.1. The minimum absolute atomic E-state index is 0.291. The van der Waals surface area contributed by atoms with E-state index in [-0.39, 0.29) is 5.56 Å². The Labute approximate surface area is 187 Å². The fourth-order valence-corrected chi connectivity index (χ4v) is 5.39. The van der Waals surface area contributed by atoms with Gasteiger partial charge in [0.25, 0.3) is 5.56 Å². The first-order valence-corrected chi connectivity index (χ1v) is 11.5. The SMILES string of the molecule is CC1=Nc2ccc(C)cc2C1=Cc1c(N)n2nc(SCc3ccccc3)sc2nc1=O. The topological polar surface area (TPSA) is 85.6 Å². The van der Waals surface area contributed by atoms with Gasteiger partial charge in [-0.1, -0.05) is 65.1 Å². The molecule has 0 radical (unpaired) electrons. The Morgan fingerprint density at radius 3 is 2.77 bits per heavy atom. The van der Waals surface area contributed by atoms with E-state index in [9.17, 15) is 4.79 Å². The molecule has 2 aromatic heterocycles. The lowest BCUT2D eigenvalue weighted by atomic mass is 9.99. The van der Waals surface area contributed by atoms with E-state index >= 15 is 0 Å². The molecule has 0 amide bonds. The summed E-state index contributed by atoms with van der Waals surface area (Å²) in [6.07, 6.45) is 1.79. The lowest BCUT2D eigenvalue weighted by Crippen LogP contribution is -2.17. The summed E-state index contributed by atoms with van der Waals surface area (Å²) >= 11 is 2.97. The molecule has 0 spiro atoms. The summed E-state index contributed by atoms with van der Waals surface area (Å²) in [6, 6.07) is 16.3. The van der Waals surface area contributed by atoms with Gasteiger partial charge >= 0.3 is 0 Å². The number of aromatic nitrogens is 3. The maximum Gasteiger partial charge on any atom is 0.283 e. The van der Waals surface area contributed by atoms with Crippen LogP contribution in [0.15, 0.2) is 62.7 Å². The number of hydrogen-bond donors (Lipinski definition) is 1. The Kier molecular flexibility index (Phi) is 4.95. The van der Waals surface area contributed by atoms with Crippen LogP contribution in [-0.4, -0.2) is 20.3 Å². The van der Waals surface area contributed by atoms with Gasteiger partial charge in [-0.25, -0.2) is 0 Å². The number of nitrogen functional groups attached to an aromatic ring is 1. The van der Waals surface area contributed by atoms with Gasteiger partial charge in [0, 0.05) is 22.6 Å². The second-order valence-electron chi connectivity index (χ2n) is 7.33. The van der Waals surface area contributed by atoms with Crippen molar-refractivity contribution in [2.45, 2.75) is 23.9 Å². The van der Waals surface area contributed by atoms with Gasteiger partial charge in [-0.2, -0.15) is 9.50 Å². The second-order valence-corrected chi connectivity index (χ2v) is 9.51. The number of aliphatic imine (C=N–C) groups is 1. The molecular formula is C23H19N5OS2. The molecule has 8 heteroatoms. The fraction of sp³-hybridized carbons (Fsp3) is 0.130. The monoisotopic (exact) mass is 445 g/mol. The third-order valence-electron chi connectivity index (χ3n) is 5.09. The largest absolute Gasteiger partial charge is 0.383 e. The molecule has 31 heavy (non-hydrogen) atoms. The lowest BCUT2D eigenvalue weighted by Gasteiger charge is -2.05. The van der Waals surface area contributed by atoms with Crippen LogP contribution in [0, 0.1) is 6.92 Å². The van der Waals surface area contributed by atoms with E-state index in [0.29, 0.717) is 16.3 Å². The first kappa shape index (κ1) is 19.7. The van der Waals surface area contributed by atoms with Gasteiger partial charge in [0.1, 0.15) is 5.82 Å². The molecule has 0 unspecified atom stereocenters. The third-order valence-corrected chi connectivity index (χ3v) is 7.20. The van der Waals surface area contributed by atoms with Crippen LogP contribution in [0.25, 0.3) is 16.6 Å². The van der Waals surface area contributed by atoms with Crippen molar-refractivity contribution in [1.82, 2.24) is 14.6 Å². The predicted octanol–water partition coefficient (Wildman–Crippen LogP) is 4.98. The number of benzene rings is 2. The van der Waals surface area contributed by atoms with Crippen molar-refractivity contribution in [2.75, 3.05) is 5.73 Å². The summed E-state index contributed by atoms with van der Waals surface area (Å²) in [6.45, 7) is 3.97. The molecule has 0 fully saturated rings. The summed E-state index contributed by atoms with van der Waals surface area (Å²) in [5, 5.41) is 4.59. The highest BCUT2D eigenvalue weighted by Crippen LogP contribution is 2.37. The van der Waals surface area contributed by atoms with Gasteiger partial charge < -0.3 is 5.73 Å². The van der Waals surface area contributed by atoms with Crippen molar-refractivity contribution in [2.24, 2.45) is 4.99 Å². The van der Waals surface area contributed by atoms with E-state index in [2.05, 4.69) is 33.3 Å². The molecule has 0 aliphatic carbocycles. The predicted molar refractivity (Wildman–Crippen MR) is 129 cm³/mol. The summed E-state index contributed by atoms with van der Waals surface area (Å²) < 4.78 is 2.37. The average Bonchev–Trinajstić information content (AvgIpc) is 3.30. The third kappa shape index (κ3) is 3.68. The number of allylic oxidation sites excluding steroid dienone is 1. The number of nitrogens with two attached hydrogens (primary N) is 1. The number of nitrogens with zero attached hydrogens (tertiary/aromatic N) is 4. The Balaban J connectivity index is 1.53. The van der Waals surface area contributed by atoms with Crippen LogP contribution in [0.1, 0.15) is 29.2 Å². The molecule has 2 aromatic carbocycles. The van der Waals surface area contributed by atoms with Crippen LogP contribution >= 0.6 is 23.1 Å². The van der Waals surface area contributed by atoms with Crippen molar-refractivity contribution in [3.05, 3.63) is 81.1 Å². The van der Waals surface area contributed by atoms with Crippen LogP contribution in [0.2, 0.25) is 0 Å². The Hall–Kier alpha value is -3.23. The summed E-state index contributed by atoms with van der Waals surface area (Å²) in [5.41, 5.74) is 12.3. The minimum Gasteiger partial charge on any atom is -0.383 e. The number of thioether (sulfide) groups is 1. The van der Waals surface area contributed by atoms with Crippen LogP contribution in [0.5, 0.6) is 0 Å². The van der Waals surface area contributed by atoms with E-state index in [1.165, 1.54) is 16.9 Å². The Morgan fingerprint density at radius 2 is 1.97 bits per heavy atom. The Bertz CT molecular complexity index is 1430. The van der Waals surface area contributed by atoms with E-state index in [1.54, 1.807) is 22.4 Å². The van der Waals surface area contributed by atoms with Crippen LogP contribution in [0.4, 0.5) is 11.5 Å². The van der Waals surface area contributed by atoms with Gasteiger partial charge in [-0.15, -0.1) is 5.10 Å². The minimum atomic E-state index is -0.359. The molecule has 0 saturated heterocycles. The Morgan fingerprint density at radius 1 is 1.16 bits per heavy atom. The van der Waals surface area contributed by atoms with Crippen molar-refractivity contribution in [1.29, 1.82) is 0 Å². The van der Waals surface area contributed by atoms with Crippen molar-refractivity contribution in [3.8, 4) is 0 Å². The van der Waals surface area contributed by atoms with Gasteiger partial charge in [-0.3, -0.25) is 9.79 Å². The summed E-state index contributed by atoms with van der Waals surface area (Å²) in [7, 11) is 0. The zero-order valence-electron chi connectivity index (χ0n) is 17.0. The number of rotatable bonds is 4. The quantitative estimate of drug-likeness (QED) is 0.448. The molecule has 0 bridgehead atoms. The highest BCUT2D eigenvalue weighted by Gasteiger charge is 2.20. The molecule has 0 atom stereocenters. The van der Waals surface area contributed by atoms with E-state index in [4.69, 9.17) is 5.73 Å². The zero-order valence-corrected chi connectivity index (χ0v) is 18.6. The molecule has 1 aliphatic rings. The van der Waals surface area contributed by atoms with Crippen LogP contribution in [-0.2, 0) is 5.75 Å². The van der Waals surface area contributed by atoms with Gasteiger partial charge in [0.15, 0.2) is 4.34 Å². The van der Waals surface area contributed by atoms with Gasteiger partial charge in [0.2, 0.25) is 4.96 Å². The van der Waals surface area contributed by atoms with E-state index in [1.807, 2.05) is 44.2 Å². The van der Waals surface area contributed by atoms with Crippen molar-refractivity contribution in [3.63, 3.8) is 0 Å². The maximum absolute atomic E-state index is 12.8. The average molecular weight is 446 g/mol. The normalized spacial score (nSPS) is 14.3. The van der Waals surface area contributed by atoms with Crippen molar-refractivity contribution >= 4 is 56.9 Å². The number of anilines is 1. The molecule has 0 saturated carbocycles. The standard InChI is InChI=1S/C23H19N5OS2/c1-13-8-9-19-17(10-13)16(14(2)25-19)11-18-20(24)28-22(26-21(18)29)31-23(27-28)30-12-15-6-4-3-5-7-15/h3-11H,12,24H2,1-2H3. The van der Waals surface area contributed by atoms with Crippen LogP contribution in [0.3, 0.4) is 0 Å². The van der Waals surface area contributed by atoms with Crippen molar-refractivity contribution < 1.29 is 0 Å². The van der Waals surface area contributed by atoms with Gasteiger partial charge in [-0.05, 0) is 37.6 Å². The molecule has 4 aromatic rings. The highest BCUT2D eigenvalue weighted by molar-refractivity contribution is 8.00. The molecule has 3 heterocycles. The number of fused-ring (bicyclic) bond motifs is 2. The molecule has 5 rings (SSSR count). The fourth-order valence-electron chi connectivity index (χ4n) is 3.50. The van der Waals surface area contributed by atoms with Gasteiger partial charge in [0.05, 0.1) is 11.3 Å². The zero-order chi connectivity index (χ0) is 21.5. The molecule has 154 valence electrons. The molecule has 6 nitrogen and oxygen atoms in total. The van der Waals surface area contributed by atoms with E-state index < -0.39 is 0 Å². The number of aryl methyl sites for hydroxylation is 1. The number of hydrogen-bond acceptors (Lipinski definition) is 7. The highest BCUT2D eigenvalue weighted by atomic mass is 32.2. The molecule has 1 aliphatic heterocycles. The lowest BCUT2D eigenvalue weighted by molar-refractivity contribution is 0.894. The maximum atomic E-state index is 12.8.